The Morgan fingerprint density at radius 1 is 1.14 bits per heavy atom. The van der Waals surface area contributed by atoms with Gasteiger partial charge in [0.05, 0.1) is 36.2 Å². The lowest BCUT2D eigenvalue weighted by atomic mass is 10.1. The van der Waals surface area contributed by atoms with Crippen molar-refractivity contribution >= 4 is 27.6 Å². The Balaban J connectivity index is 1.73. The predicted molar refractivity (Wildman–Crippen MR) is 109 cm³/mol. The number of aryl methyl sites for hydroxylation is 2. The van der Waals surface area contributed by atoms with Crippen molar-refractivity contribution in [2.24, 2.45) is 7.05 Å². The van der Waals surface area contributed by atoms with Gasteiger partial charge in [-0.1, -0.05) is 0 Å². The molecule has 2 N–H and O–H groups in total. The molecule has 142 valence electrons. The van der Waals surface area contributed by atoms with E-state index in [1.165, 1.54) is 0 Å². The minimum atomic E-state index is 0.152. The average Bonchev–Trinajstić information content (AvgIpc) is 3.40. The Kier molecular flexibility index (Phi) is 3.84. The van der Waals surface area contributed by atoms with E-state index >= 15 is 0 Å². The number of hydrogen-bond acceptors (Lipinski definition) is 4. The van der Waals surface area contributed by atoms with Crippen LogP contribution in [0.1, 0.15) is 12.2 Å². The van der Waals surface area contributed by atoms with Crippen molar-refractivity contribution in [1.29, 1.82) is 0 Å². The molecule has 0 fully saturated rings. The first-order valence-electron chi connectivity index (χ1n) is 9.28. The van der Waals surface area contributed by atoms with Crippen LogP contribution in [-0.2, 0) is 13.5 Å². The zero-order valence-electron chi connectivity index (χ0n) is 15.8. The average molecular weight is 375 g/mol. The zero-order chi connectivity index (χ0) is 19.3. The van der Waals surface area contributed by atoms with Gasteiger partial charge in [-0.05, 0) is 30.7 Å². The van der Waals surface area contributed by atoms with Gasteiger partial charge >= 0.3 is 0 Å². The molecule has 7 nitrogen and oxygen atoms in total. The molecule has 0 spiro atoms. The first-order chi connectivity index (χ1) is 13.7. The standard InChI is InChI=1S/C21H21N5O2/c1-25-12-16(15-8-14(28-2)5-6-18(15)25)17-9-19-21(24-17)23-11-13-10-22-20(26(13)19)4-3-7-27/h5-6,8-12,24,27H,3-4,7H2,1-2H3. The minimum absolute atomic E-state index is 0.152. The number of aromatic nitrogens is 5. The maximum absolute atomic E-state index is 9.18. The van der Waals surface area contributed by atoms with Crippen molar-refractivity contribution in [3.8, 4) is 17.0 Å². The number of nitrogens with one attached hydrogen (secondary N) is 1. The molecule has 7 heteroatoms. The molecule has 0 atom stereocenters. The van der Waals surface area contributed by atoms with Crippen LogP contribution in [0.25, 0.3) is 38.8 Å². The third-order valence-corrected chi connectivity index (χ3v) is 5.25. The van der Waals surface area contributed by atoms with Crippen LogP contribution in [0.5, 0.6) is 5.75 Å². The summed E-state index contributed by atoms with van der Waals surface area (Å²) < 4.78 is 9.65. The van der Waals surface area contributed by atoms with E-state index in [1.54, 1.807) is 7.11 Å². The van der Waals surface area contributed by atoms with E-state index in [4.69, 9.17) is 4.74 Å². The van der Waals surface area contributed by atoms with E-state index in [0.29, 0.717) is 6.42 Å². The summed E-state index contributed by atoms with van der Waals surface area (Å²) in [5.74, 6) is 1.76. The quantitative estimate of drug-likeness (QED) is 0.494. The molecule has 5 aromatic rings. The van der Waals surface area contributed by atoms with Crippen molar-refractivity contribution in [1.82, 2.24) is 23.9 Å². The van der Waals surface area contributed by atoms with Gasteiger partial charge in [0, 0.05) is 42.7 Å². The monoisotopic (exact) mass is 375 g/mol. The number of nitrogens with zero attached hydrogens (tertiary/aromatic N) is 4. The number of benzene rings is 1. The fraction of sp³-hybridized carbons (Fsp3) is 0.238. The molecule has 0 aliphatic carbocycles. The summed E-state index contributed by atoms with van der Waals surface area (Å²) in [4.78, 5) is 12.5. The number of rotatable bonds is 5. The third kappa shape index (κ3) is 2.47. The van der Waals surface area contributed by atoms with Crippen LogP contribution < -0.4 is 4.74 Å². The van der Waals surface area contributed by atoms with E-state index in [2.05, 4.69) is 48.3 Å². The fourth-order valence-electron chi connectivity index (χ4n) is 3.88. The smallest absolute Gasteiger partial charge is 0.154 e. The zero-order valence-corrected chi connectivity index (χ0v) is 15.8. The summed E-state index contributed by atoms with van der Waals surface area (Å²) in [6.45, 7) is 0.152. The highest BCUT2D eigenvalue weighted by molar-refractivity contribution is 5.98. The topological polar surface area (TPSA) is 80.4 Å². The summed E-state index contributed by atoms with van der Waals surface area (Å²) in [6, 6.07) is 8.22. The van der Waals surface area contributed by atoms with E-state index in [-0.39, 0.29) is 6.61 Å². The van der Waals surface area contributed by atoms with Gasteiger partial charge in [-0.25, -0.2) is 9.97 Å². The first kappa shape index (κ1) is 16.8. The molecule has 0 aliphatic heterocycles. The molecular formula is C21H21N5O2. The number of methoxy groups -OCH3 is 1. The van der Waals surface area contributed by atoms with E-state index in [9.17, 15) is 5.11 Å². The molecule has 0 amide bonds. The van der Waals surface area contributed by atoms with E-state index in [0.717, 1.165) is 56.8 Å². The summed E-state index contributed by atoms with van der Waals surface area (Å²) >= 11 is 0. The summed E-state index contributed by atoms with van der Waals surface area (Å²) in [7, 11) is 3.72. The number of aliphatic hydroxyl groups excluding tert-OH is 1. The van der Waals surface area contributed by atoms with Crippen molar-refractivity contribution in [2.45, 2.75) is 12.8 Å². The van der Waals surface area contributed by atoms with Crippen LogP contribution >= 0.6 is 0 Å². The molecule has 28 heavy (non-hydrogen) atoms. The number of imidazole rings is 1. The van der Waals surface area contributed by atoms with Crippen molar-refractivity contribution in [3.05, 3.63) is 48.7 Å². The molecule has 0 saturated carbocycles. The Morgan fingerprint density at radius 2 is 2.00 bits per heavy atom. The number of ether oxygens (including phenoxy) is 1. The second-order valence-electron chi connectivity index (χ2n) is 6.97. The molecule has 0 bridgehead atoms. The van der Waals surface area contributed by atoms with E-state index < -0.39 is 0 Å². The molecule has 0 unspecified atom stereocenters. The van der Waals surface area contributed by atoms with Crippen LogP contribution in [0, 0.1) is 0 Å². The highest BCUT2D eigenvalue weighted by Crippen LogP contribution is 2.34. The lowest BCUT2D eigenvalue weighted by Gasteiger charge is -2.01. The number of H-pyrrole nitrogens is 1. The second kappa shape index (κ2) is 6.38. The van der Waals surface area contributed by atoms with Gasteiger partial charge in [-0.3, -0.25) is 4.40 Å². The summed E-state index contributed by atoms with van der Waals surface area (Å²) in [6.07, 6.45) is 7.17. The predicted octanol–water partition coefficient (Wildman–Crippen LogP) is 3.30. The van der Waals surface area contributed by atoms with Crippen molar-refractivity contribution in [2.75, 3.05) is 13.7 Å². The van der Waals surface area contributed by atoms with Crippen LogP contribution in [0.3, 0.4) is 0 Å². The highest BCUT2D eigenvalue weighted by Gasteiger charge is 2.15. The fourth-order valence-corrected chi connectivity index (χ4v) is 3.88. The molecule has 1 aromatic carbocycles. The van der Waals surface area contributed by atoms with Gasteiger partial charge in [0.15, 0.2) is 5.65 Å². The first-order valence-corrected chi connectivity index (χ1v) is 9.28. The van der Waals surface area contributed by atoms with Gasteiger partial charge in [-0.2, -0.15) is 0 Å². The van der Waals surface area contributed by atoms with E-state index in [1.807, 2.05) is 25.5 Å². The van der Waals surface area contributed by atoms with Crippen molar-refractivity contribution < 1.29 is 9.84 Å². The normalized spacial score (nSPS) is 11.8. The Hall–Kier alpha value is -3.32. The molecular weight excluding hydrogens is 354 g/mol. The van der Waals surface area contributed by atoms with Crippen LogP contribution in [0.4, 0.5) is 0 Å². The lowest BCUT2D eigenvalue weighted by molar-refractivity contribution is 0.287. The largest absolute Gasteiger partial charge is 0.497 e. The number of fused-ring (bicyclic) bond motifs is 4. The van der Waals surface area contributed by atoms with Crippen LogP contribution in [0.2, 0.25) is 0 Å². The third-order valence-electron chi connectivity index (χ3n) is 5.25. The lowest BCUT2D eigenvalue weighted by Crippen LogP contribution is -1.98. The van der Waals surface area contributed by atoms with Crippen LogP contribution in [0.15, 0.2) is 42.9 Å². The Morgan fingerprint density at radius 3 is 2.82 bits per heavy atom. The van der Waals surface area contributed by atoms with Gasteiger partial charge < -0.3 is 19.4 Å². The Bertz CT molecular complexity index is 1310. The minimum Gasteiger partial charge on any atom is -0.497 e. The summed E-state index contributed by atoms with van der Waals surface area (Å²) in [5.41, 5.74) is 5.98. The second-order valence-corrected chi connectivity index (χ2v) is 6.97. The summed E-state index contributed by atoms with van der Waals surface area (Å²) in [5, 5.41) is 10.3. The van der Waals surface area contributed by atoms with Gasteiger partial charge in [0.2, 0.25) is 0 Å². The maximum Gasteiger partial charge on any atom is 0.154 e. The van der Waals surface area contributed by atoms with Gasteiger partial charge in [-0.15, -0.1) is 0 Å². The number of aliphatic hydroxyl groups is 1. The van der Waals surface area contributed by atoms with Gasteiger partial charge in [0.25, 0.3) is 0 Å². The molecule has 5 rings (SSSR count). The Labute approximate surface area is 161 Å². The molecule has 0 radical (unpaired) electrons. The number of aromatic amines is 1. The molecule has 0 aliphatic rings. The number of hydrogen-bond donors (Lipinski definition) is 2. The molecule has 0 saturated heterocycles. The van der Waals surface area contributed by atoms with Crippen molar-refractivity contribution in [3.63, 3.8) is 0 Å². The molecule has 4 aromatic heterocycles. The maximum atomic E-state index is 9.18. The molecule has 4 heterocycles. The van der Waals surface area contributed by atoms with Gasteiger partial charge in [0.1, 0.15) is 11.6 Å². The highest BCUT2D eigenvalue weighted by atomic mass is 16.5. The SMILES string of the molecule is COc1ccc2c(c1)c(-c1cc3c(ncc4cnc(CCCO)n43)[nH]1)cn2C. The van der Waals surface area contributed by atoms with Crippen LogP contribution in [-0.4, -0.2) is 42.7 Å².